The van der Waals surface area contributed by atoms with Gasteiger partial charge in [0.1, 0.15) is 22.2 Å². The minimum atomic E-state index is 0.0340. The summed E-state index contributed by atoms with van der Waals surface area (Å²) in [5, 5.41) is 18.9. The van der Waals surface area contributed by atoms with E-state index in [1.165, 1.54) is 17.5 Å². The highest BCUT2D eigenvalue weighted by molar-refractivity contribution is 14.1. The molecule has 0 spiro atoms. The lowest BCUT2D eigenvalue weighted by Gasteiger charge is -1.94. The van der Waals surface area contributed by atoms with E-state index in [1.54, 1.807) is 0 Å². The van der Waals surface area contributed by atoms with E-state index in [0.29, 0.717) is 5.39 Å². The lowest BCUT2D eigenvalue weighted by molar-refractivity contribution is 0.479. The lowest BCUT2D eigenvalue weighted by atomic mass is 10.2. The number of hydrogen-bond acceptors (Lipinski definition) is 4. The molecule has 0 aromatic carbocycles. The van der Waals surface area contributed by atoms with Crippen molar-refractivity contribution in [3.8, 4) is 11.8 Å². The van der Waals surface area contributed by atoms with Crippen LogP contribution in [0, 0.1) is 14.2 Å². The van der Waals surface area contributed by atoms with Gasteiger partial charge < -0.3 is 5.11 Å². The molecule has 0 aliphatic carbocycles. The Hall–Kier alpha value is -0.870. The number of thiophene rings is 1. The minimum absolute atomic E-state index is 0.0340. The van der Waals surface area contributed by atoms with Crippen molar-refractivity contribution in [3.63, 3.8) is 0 Å². The Morgan fingerprint density at radius 1 is 1.62 bits per heavy atom. The van der Waals surface area contributed by atoms with Crippen molar-refractivity contribution in [2.45, 2.75) is 0 Å². The van der Waals surface area contributed by atoms with E-state index in [-0.39, 0.29) is 11.3 Å². The van der Waals surface area contributed by atoms with Gasteiger partial charge in [0.25, 0.3) is 0 Å². The molecule has 2 aromatic heterocycles. The zero-order chi connectivity index (χ0) is 9.42. The zero-order valence-electron chi connectivity index (χ0n) is 6.28. The van der Waals surface area contributed by atoms with Crippen molar-refractivity contribution < 1.29 is 5.11 Å². The summed E-state index contributed by atoms with van der Waals surface area (Å²) < 4.78 is 1.05. The normalized spacial score (nSPS) is 10.2. The summed E-state index contributed by atoms with van der Waals surface area (Å²) in [6.45, 7) is 0. The molecule has 0 radical (unpaired) electrons. The molecule has 0 atom stereocenters. The molecule has 3 nitrogen and oxygen atoms in total. The number of nitrogens with zero attached hydrogens (tertiary/aromatic N) is 2. The van der Waals surface area contributed by atoms with Crippen LogP contribution in [0.5, 0.6) is 5.75 Å². The molecule has 1 N–H and O–H groups in total. The van der Waals surface area contributed by atoms with Gasteiger partial charge in [-0.3, -0.25) is 0 Å². The number of hydrogen-bond donors (Lipinski definition) is 1. The van der Waals surface area contributed by atoms with Crippen LogP contribution in [-0.4, -0.2) is 10.1 Å². The third-order valence-corrected chi connectivity index (χ3v) is 3.43. The van der Waals surface area contributed by atoms with Gasteiger partial charge in [-0.25, -0.2) is 4.98 Å². The molecule has 0 saturated carbocycles. The topological polar surface area (TPSA) is 56.9 Å². The maximum absolute atomic E-state index is 9.60. The number of rotatable bonds is 0. The Bertz CT molecular complexity index is 515. The summed E-state index contributed by atoms with van der Waals surface area (Å²) in [6.07, 6.45) is 1.39. The summed E-state index contributed by atoms with van der Waals surface area (Å²) >= 11 is 3.65. The average molecular weight is 302 g/mol. The first kappa shape index (κ1) is 8.72. The highest BCUT2D eigenvalue weighted by atomic mass is 127. The molecule has 2 rings (SSSR count). The first-order chi connectivity index (χ1) is 6.22. The van der Waals surface area contributed by atoms with Gasteiger partial charge in [-0.05, 0) is 28.7 Å². The van der Waals surface area contributed by atoms with Crippen LogP contribution in [-0.2, 0) is 0 Å². The Morgan fingerprint density at radius 3 is 3.08 bits per heavy atom. The second-order valence-corrected chi connectivity index (χ2v) is 5.33. The van der Waals surface area contributed by atoms with E-state index in [0.717, 1.165) is 7.71 Å². The number of halogens is 1. The molecule has 0 bridgehead atoms. The van der Waals surface area contributed by atoms with E-state index in [9.17, 15) is 5.11 Å². The van der Waals surface area contributed by atoms with Crippen LogP contribution in [0.1, 0.15) is 5.56 Å². The first-order valence-electron chi connectivity index (χ1n) is 3.39. The van der Waals surface area contributed by atoms with Crippen molar-refractivity contribution in [3.05, 3.63) is 20.7 Å². The summed E-state index contributed by atoms with van der Waals surface area (Å²) in [5.41, 5.74) is 0.224. The molecule has 64 valence electrons. The fourth-order valence-corrected chi connectivity index (χ4v) is 2.70. The van der Waals surface area contributed by atoms with Gasteiger partial charge in [-0.15, -0.1) is 11.3 Å². The molecule has 2 aromatic rings. The summed E-state index contributed by atoms with van der Waals surface area (Å²) in [7, 11) is 0. The fourth-order valence-electron chi connectivity index (χ4n) is 1.03. The minimum Gasteiger partial charge on any atom is -0.506 e. The predicted molar refractivity (Wildman–Crippen MR) is 58.7 cm³/mol. The van der Waals surface area contributed by atoms with Gasteiger partial charge in [0.15, 0.2) is 0 Å². The molecule has 0 aliphatic rings. The number of fused-ring (bicyclic) bond motifs is 1. The third-order valence-electron chi connectivity index (χ3n) is 1.62. The summed E-state index contributed by atoms with van der Waals surface area (Å²) in [4.78, 5) is 4.83. The van der Waals surface area contributed by atoms with Crippen molar-refractivity contribution >= 4 is 44.1 Å². The molecule has 2 heterocycles. The smallest absolute Gasteiger partial charge is 0.145 e. The molecule has 5 heteroatoms. The van der Waals surface area contributed by atoms with Gasteiger partial charge in [-0.2, -0.15) is 5.26 Å². The summed E-state index contributed by atoms with van der Waals surface area (Å²) in [5.74, 6) is 0.0340. The van der Waals surface area contributed by atoms with Gasteiger partial charge in [0, 0.05) is 0 Å². The predicted octanol–water partition coefficient (Wildman–Crippen LogP) is 2.48. The number of pyridine rings is 1. The second kappa shape index (κ2) is 3.12. The second-order valence-electron chi connectivity index (χ2n) is 2.40. The van der Waals surface area contributed by atoms with Crippen LogP contribution in [0.4, 0.5) is 0 Å². The maximum Gasteiger partial charge on any atom is 0.145 e. The average Bonchev–Trinajstić information content (AvgIpc) is 2.47. The molecular formula is C8H3IN2OS. The maximum atomic E-state index is 9.60. The quantitative estimate of drug-likeness (QED) is 0.761. The SMILES string of the molecule is N#Cc1cnc2sc(I)cc2c1O. The van der Waals surface area contributed by atoms with E-state index in [4.69, 9.17) is 5.26 Å². The Morgan fingerprint density at radius 2 is 2.38 bits per heavy atom. The molecule has 0 fully saturated rings. The Balaban J connectivity index is 2.87. The van der Waals surface area contributed by atoms with Crippen molar-refractivity contribution in [2.75, 3.05) is 0 Å². The zero-order valence-corrected chi connectivity index (χ0v) is 9.26. The van der Waals surface area contributed by atoms with E-state index >= 15 is 0 Å². The van der Waals surface area contributed by atoms with Crippen LogP contribution in [0.3, 0.4) is 0 Å². The highest BCUT2D eigenvalue weighted by Gasteiger charge is 2.09. The number of aromatic hydroxyl groups is 1. The summed E-state index contributed by atoms with van der Waals surface area (Å²) in [6, 6.07) is 3.71. The van der Waals surface area contributed by atoms with Gasteiger partial charge in [0.2, 0.25) is 0 Å². The number of nitriles is 1. The lowest BCUT2D eigenvalue weighted by Crippen LogP contribution is -1.79. The van der Waals surface area contributed by atoms with Crippen LogP contribution in [0.15, 0.2) is 12.3 Å². The largest absolute Gasteiger partial charge is 0.506 e. The van der Waals surface area contributed by atoms with Crippen LogP contribution in [0.25, 0.3) is 10.2 Å². The van der Waals surface area contributed by atoms with Gasteiger partial charge >= 0.3 is 0 Å². The first-order valence-corrected chi connectivity index (χ1v) is 5.29. The molecular weight excluding hydrogens is 299 g/mol. The van der Waals surface area contributed by atoms with Crippen molar-refractivity contribution in [1.82, 2.24) is 4.98 Å². The van der Waals surface area contributed by atoms with E-state index in [2.05, 4.69) is 27.6 Å². The monoisotopic (exact) mass is 302 g/mol. The van der Waals surface area contributed by atoms with Crippen LogP contribution in [0.2, 0.25) is 0 Å². The molecule has 0 aliphatic heterocycles. The fraction of sp³-hybridized carbons (Fsp3) is 0. The van der Waals surface area contributed by atoms with Crippen LogP contribution < -0.4 is 0 Å². The third kappa shape index (κ3) is 1.36. The van der Waals surface area contributed by atoms with E-state index < -0.39 is 0 Å². The van der Waals surface area contributed by atoms with Crippen LogP contribution >= 0.6 is 33.9 Å². The standard InChI is InChI=1S/C8H3IN2OS/c9-6-1-5-7(12)4(2-10)3-11-8(5)13-6/h1,3H,(H,11,12). The van der Waals surface area contributed by atoms with Gasteiger partial charge in [0.05, 0.1) is 14.5 Å². The Labute approximate surface area is 91.8 Å². The molecule has 13 heavy (non-hydrogen) atoms. The van der Waals surface area contributed by atoms with Gasteiger partial charge in [-0.1, -0.05) is 0 Å². The van der Waals surface area contributed by atoms with E-state index in [1.807, 2.05) is 12.1 Å². The molecule has 0 saturated heterocycles. The highest BCUT2D eigenvalue weighted by Crippen LogP contribution is 2.33. The number of aromatic nitrogens is 1. The van der Waals surface area contributed by atoms with Crippen molar-refractivity contribution in [1.29, 1.82) is 5.26 Å². The Kier molecular flexibility index (Phi) is 2.09. The molecule has 0 unspecified atom stereocenters. The van der Waals surface area contributed by atoms with Crippen molar-refractivity contribution in [2.24, 2.45) is 0 Å². The molecule has 0 amide bonds.